The Hall–Kier alpha value is -1.63. The van der Waals surface area contributed by atoms with E-state index in [0.29, 0.717) is 0 Å². The maximum Gasteiger partial charge on any atom is 0.165 e. The molecule has 0 bridgehead atoms. The topological polar surface area (TPSA) is 17.1 Å². The molecule has 1 heteroatoms. The van der Waals surface area contributed by atoms with Crippen LogP contribution in [0.5, 0.6) is 0 Å². The van der Waals surface area contributed by atoms with Crippen LogP contribution in [0.2, 0.25) is 0 Å². The summed E-state index contributed by atoms with van der Waals surface area (Å²) >= 11 is 0. The van der Waals surface area contributed by atoms with Gasteiger partial charge in [0.2, 0.25) is 0 Å². The first-order valence-corrected chi connectivity index (χ1v) is 6.52. The van der Waals surface area contributed by atoms with Gasteiger partial charge >= 0.3 is 0 Å². The van der Waals surface area contributed by atoms with Crippen molar-refractivity contribution in [2.24, 2.45) is 5.92 Å². The monoisotopic (exact) mass is 240 g/mol. The zero-order chi connectivity index (χ0) is 13.2. The van der Waals surface area contributed by atoms with E-state index in [1.54, 1.807) is 0 Å². The summed E-state index contributed by atoms with van der Waals surface area (Å²) in [6, 6.07) is 8.07. The van der Waals surface area contributed by atoms with Crippen molar-refractivity contribution in [2.75, 3.05) is 0 Å². The van der Waals surface area contributed by atoms with Gasteiger partial charge in [-0.15, -0.1) is 0 Å². The minimum absolute atomic E-state index is 0.0592. The van der Waals surface area contributed by atoms with Crippen molar-refractivity contribution in [3.63, 3.8) is 0 Å². The van der Waals surface area contributed by atoms with Crippen molar-refractivity contribution < 1.29 is 4.79 Å². The Balaban J connectivity index is 2.25. The van der Waals surface area contributed by atoms with Crippen LogP contribution in [0, 0.1) is 5.92 Å². The average molecular weight is 240 g/mol. The smallest absolute Gasteiger partial charge is 0.165 e. The van der Waals surface area contributed by atoms with Crippen LogP contribution in [-0.2, 0) is 5.41 Å². The fourth-order valence-corrected chi connectivity index (χ4v) is 2.29. The van der Waals surface area contributed by atoms with Gasteiger partial charge in [-0.3, -0.25) is 4.79 Å². The van der Waals surface area contributed by atoms with E-state index in [2.05, 4.69) is 43.4 Å². The van der Waals surface area contributed by atoms with Crippen LogP contribution >= 0.6 is 0 Å². The van der Waals surface area contributed by atoms with Crippen molar-refractivity contribution >= 4 is 5.78 Å². The number of hydrogen-bond acceptors (Lipinski definition) is 1. The summed E-state index contributed by atoms with van der Waals surface area (Å²) in [5.41, 5.74) is 2.14. The molecule has 1 atom stereocenters. The van der Waals surface area contributed by atoms with Gasteiger partial charge in [0.05, 0.1) is 0 Å². The Morgan fingerprint density at radius 2 is 1.83 bits per heavy atom. The second kappa shape index (κ2) is 4.93. The van der Waals surface area contributed by atoms with E-state index in [1.807, 2.05) is 26.0 Å². The minimum atomic E-state index is 0.0592. The highest BCUT2D eigenvalue weighted by Gasteiger charge is 2.23. The molecular formula is C17H20O. The van der Waals surface area contributed by atoms with Crippen LogP contribution in [0.1, 0.15) is 43.1 Å². The molecule has 1 unspecified atom stereocenters. The summed E-state index contributed by atoms with van der Waals surface area (Å²) in [6.07, 6.45) is 9.61. The zero-order valence-corrected chi connectivity index (χ0v) is 11.3. The third-order valence-electron chi connectivity index (χ3n) is 3.61. The van der Waals surface area contributed by atoms with Crippen molar-refractivity contribution in [3.8, 4) is 0 Å². The Labute approximate surface area is 109 Å². The molecule has 0 spiro atoms. The predicted molar refractivity (Wildman–Crippen MR) is 75.9 cm³/mol. The van der Waals surface area contributed by atoms with Crippen molar-refractivity contribution in [1.82, 2.24) is 0 Å². The van der Waals surface area contributed by atoms with Gasteiger partial charge in [0, 0.05) is 16.9 Å². The number of Topliss-reactive ketones (excluding diaryl/α,β-unsaturated/α-hetero) is 1. The Morgan fingerprint density at radius 3 is 2.33 bits per heavy atom. The maximum atomic E-state index is 11.9. The highest BCUT2D eigenvalue weighted by atomic mass is 16.1. The SMILES string of the molecule is CC(C)C(=O)c1ccc(C2(C)C=CC=CC2)cc1. The summed E-state index contributed by atoms with van der Waals surface area (Å²) in [6.45, 7) is 6.10. The molecule has 0 saturated heterocycles. The Morgan fingerprint density at radius 1 is 1.17 bits per heavy atom. The zero-order valence-electron chi connectivity index (χ0n) is 11.3. The van der Waals surface area contributed by atoms with Gasteiger partial charge in [-0.25, -0.2) is 0 Å². The normalized spacial score (nSPS) is 22.4. The lowest BCUT2D eigenvalue weighted by Crippen LogP contribution is -2.19. The lowest BCUT2D eigenvalue weighted by molar-refractivity contribution is 0.0939. The molecule has 0 aromatic heterocycles. The number of hydrogen-bond donors (Lipinski definition) is 0. The third kappa shape index (κ3) is 2.45. The first-order valence-electron chi connectivity index (χ1n) is 6.52. The van der Waals surface area contributed by atoms with E-state index < -0.39 is 0 Å². The van der Waals surface area contributed by atoms with Crippen LogP contribution in [-0.4, -0.2) is 5.78 Å². The average Bonchev–Trinajstić information content (AvgIpc) is 2.39. The van der Waals surface area contributed by atoms with Gasteiger partial charge in [-0.1, -0.05) is 69.3 Å². The van der Waals surface area contributed by atoms with Crippen molar-refractivity contribution in [2.45, 2.75) is 32.6 Å². The van der Waals surface area contributed by atoms with Crippen molar-refractivity contribution in [1.29, 1.82) is 0 Å². The van der Waals surface area contributed by atoms with Gasteiger partial charge in [0.15, 0.2) is 5.78 Å². The first-order chi connectivity index (χ1) is 8.53. The van der Waals surface area contributed by atoms with Gasteiger partial charge in [0.1, 0.15) is 0 Å². The number of rotatable bonds is 3. The molecule has 0 N–H and O–H groups in total. The molecule has 0 saturated carbocycles. The standard InChI is InChI=1S/C17H20O/c1-13(2)16(18)14-7-9-15(10-8-14)17(3)11-5-4-6-12-17/h4-11,13H,12H2,1-3H3. The first kappa shape index (κ1) is 12.8. The summed E-state index contributed by atoms with van der Waals surface area (Å²) in [5, 5.41) is 0. The fraction of sp³-hybridized carbons (Fsp3) is 0.353. The number of ketones is 1. The van der Waals surface area contributed by atoms with Gasteiger partial charge in [-0.05, 0) is 12.0 Å². The van der Waals surface area contributed by atoms with E-state index in [4.69, 9.17) is 0 Å². The van der Waals surface area contributed by atoms with Crippen LogP contribution < -0.4 is 0 Å². The molecule has 18 heavy (non-hydrogen) atoms. The summed E-state index contributed by atoms with van der Waals surface area (Å²) in [7, 11) is 0. The highest BCUT2D eigenvalue weighted by Crippen LogP contribution is 2.32. The van der Waals surface area contributed by atoms with Gasteiger partial charge in [0.25, 0.3) is 0 Å². The van der Waals surface area contributed by atoms with Crippen LogP contribution in [0.25, 0.3) is 0 Å². The van der Waals surface area contributed by atoms with Gasteiger partial charge in [-0.2, -0.15) is 0 Å². The molecule has 94 valence electrons. The molecule has 0 fully saturated rings. The Kier molecular flexibility index (Phi) is 3.51. The molecule has 0 aliphatic heterocycles. The second-order valence-corrected chi connectivity index (χ2v) is 5.51. The van der Waals surface area contributed by atoms with Gasteiger partial charge < -0.3 is 0 Å². The molecule has 1 aliphatic rings. The molecule has 0 radical (unpaired) electrons. The number of allylic oxidation sites excluding steroid dienone is 4. The lowest BCUT2D eigenvalue weighted by Gasteiger charge is -2.27. The molecule has 1 aromatic rings. The molecule has 1 nitrogen and oxygen atoms in total. The molecule has 2 rings (SSSR count). The summed E-state index contributed by atoms with van der Waals surface area (Å²) in [4.78, 5) is 11.9. The lowest BCUT2D eigenvalue weighted by atomic mass is 9.77. The highest BCUT2D eigenvalue weighted by molar-refractivity contribution is 5.97. The van der Waals surface area contributed by atoms with Crippen LogP contribution in [0.15, 0.2) is 48.6 Å². The number of carbonyl (C=O) groups is 1. The Bertz CT molecular complexity index is 491. The van der Waals surface area contributed by atoms with E-state index in [-0.39, 0.29) is 17.1 Å². The summed E-state index contributed by atoms with van der Waals surface area (Å²) < 4.78 is 0. The van der Waals surface area contributed by atoms with E-state index >= 15 is 0 Å². The van der Waals surface area contributed by atoms with Crippen LogP contribution in [0.4, 0.5) is 0 Å². The fourth-order valence-electron chi connectivity index (χ4n) is 2.29. The molecular weight excluding hydrogens is 220 g/mol. The molecule has 0 amide bonds. The number of carbonyl (C=O) groups excluding carboxylic acids is 1. The number of benzene rings is 1. The largest absolute Gasteiger partial charge is 0.294 e. The second-order valence-electron chi connectivity index (χ2n) is 5.51. The summed E-state index contributed by atoms with van der Waals surface area (Å²) in [5.74, 6) is 0.273. The predicted octanol–water partition coefficient (Wildman–Crippen LogP) is 4.30. The molecule has 0 heterocycles. The third-order valence-corrected chi connectivity index (χ3v) is 3.61. The van der Waals surface area contributed by atoms with E-state index in [1.165, 1.54) is 5.56 Å². The maximum absolute atomic E-state index is 11.9. The van der Waals surface area contributed by atoms with Crippen LogP contribution in [0.3, 0.4) is 0 Å². The minimum Gasteiger partial charge on any atom is -0.294 e. The quantitative estimate of drug-likeness (QED) is 0.720. The van der Waals surface area contributed by atoms with E-state index in [9.17, 15) is 4.79 Å². The molecule has 1 aromatic carbocycles. The van der Waals surface area contributed by atoms with Crippen molar-refractivity contribution in [3.05, 3.63) is 59.7 Å². The van der Waals surface area contributed by atoms with E-state index in [0.717, 1.165) is 12.0 Å². The molecule has 1 aliphatic carbocycles.